The van der Waals surface area contributed by atoms with Crippen LogP contribution >= 0.6 is 0 Å². The molecule has 3 aromatic rings. The molecule has 1 aliphatic carbocycles. The second-order valence-corrected chi connectivity index (χ2v) is 8.53. The number of carbonyl (C=O) groups is 1. The van der Waals surface area contributed by atoms with Crippen LogP contribution in [0.4, 0.5) is 11.4 Å². The van der Waals surface area contributed by atoms with Crippen LogP contribution in [0.1, 0.15) is 58.1 Å². The van der Waals surface area contributed by atoms with E-state index in [-0.39, 0.29) is 5.92 Å². The second kappa shape index (κ2) is 8.06. The number of aromatic nitrogens is 1. The highest BCUT2D eigenvalue weighted by atomic mass is 16.5. The Hall–Kier alpha value is -3.34. The van der Waals surface area contributed by atoms with Gasteiger partial charge in [0.2, 0.25) is 0 Å². The van der Waals surface area contributed by atoms with E-state index < -0.39 is 5.97 Å². The fraction of sp³-hybridized carbons (Fsp3) is 0.308. The van der Waals surface area contributed by atoms with Crippen molar-refractivity contribution in [2.75, 3.05) is 18.6 Å². The molecule has 0 spiro atoms. The van der Waals surface area contributed by atoms with Crippen LogP contribution in [0, 0.1) is 0 Å². The molecular weight excluding hydrogens is 388 g/mol. The minimum absolute atomic E-state index is 0.258. The molecule has 31 heavy (non-hydrogen) atoms. The number of nitrogens with zero attached hydrogens (tertiary/aromatic N) is 2. The molecule has 2 aromatic carbocycles. The van der Waals surface area contributed by atoms with Gasteiger partial charge < -0.3 is 14.7 Å². The van der Waals surface area contributed by atoms with Crippen LogP contribution in [0.3, 0.4) is 0 Å². The molecule has 1 atom stereocenters. The number of aryl methyl sites for hydroxylation is 1. The maximum absolute atomic E-state index is 11.4. The van der Waals surface area contributed by atoms with E-state index in [0.717, 1.165) is 35.0 Å². The van der Waals surface area contributed by atoms with Crippen molar-refractivity contribution in [1.29, 1.82) is 0 Å². The summed E-state index contributed by atoms with van der Waals surface area (Å²) >= 11 is 0. The third-order valence-electron chi connectivity index (χ3n) is 6.49. The lowest BCUT2D eigenvalue weighted by Gasteiger charge is -2.20. The van der Waals surface area contributed by atoms with Crippen LogP contribution in [-0.4, -0.2) is 29.7 Å². The van der Waals surface area contributed by atoms with Crippen LogP contribution in [-0.2, 0) is 6.42 Å². The fourth-order valence-electron chi connectivity index (χ4n) is 4.41. The molecule has 0 amide bonds. The van der Waals surface area contributed by atoms with E-state index in [0.29, 0.717) is 18.6 Å². The first-order valence-electron chi connectivity index (χ1n) is 10.9. The lowest BCUT2D eigenvalue weighted by atomic mass is 9.93. The van der Waals surface area contributed by atoms with E-state index in [1.165, 1.54) is 30.2 Å². The number of benzene rings is 2. The number of pyridine rings is 1. The van der Waals surface area contributed by atoms with Gasteiger partial charge in [0.1, 0.15) is 5.75 Å². The first-order chi connectivity index (χ1) is 15.1. The molecule has 158 valence electrons. The summed E-state index contributed by atoms with van der Waals surface area (Å²) in [6, 6.07) is 16.8. The molecule has 0 radical (unpaired) electrons. The van der Waals surface area contributed by atoms with Crippen molar-refractivity contribution in [3.63, 3.8) is 0 Å². The van der Waals surface area contributed by atoms with Crippen LogP contribution in [0.2, 0.25) is 0 Å². The van der Waals surface area contributed by atoms with E-state index in [9.17, 15) is 9.90 Å². The van der Waals surface area contributed by atoms with E-state index in [4.69, 9.17) is 4.74 Å². The molecule has 2 heterocycles. The molecule has 1 saturated carbocycles. The third-order valence-corrected chi connectivity index (χ3v) is 6.49. The average molecular weight is 415 g/mol. The topological polar surface area (TPSA) is 62.7 Å². The van der Waals surface area contributed by atoms with Gasteiger partial charge in [-0.15, -0.1) is 0 Å². The predicted octanol–water partition coefficient (Wildman–Crippen LogP) is 5.53. The van der Waals surface area contributed by atoms with Crippen LogP contribution in [0.25, 0.3) is 0 Å². The van der Waals surface area contributed by atoms with Gasteiger partial charge in [-0.2, -0.15) is 0 Å². The lowest BCUT2D eigenvalue weighted by molar-refractivity contribution is 0.0695. The fourth-order valence-corrected chi connectivity index (χ4v) is 4.41. The summed E-state index contributed by atoms with van der Waals surface area (Å²) in [5.41, 5.74) is 6.00. The summed E-state index contributed by atoms with van der Waals surface area (Å²) in [6.07, 6.45) is 7.31. The molecule has 2 aliphatic rings. The first kappa shape index (κ1) is 19.6. The molecule has 1 fully saturated rings. The minimum atomic E-state index is -0.904. The Morgan fingerprint density at radius 2 is 1.90 bits per heavy atom. The van der Waals surface area contributed by atoms with Crippen molar-refractivity contribution in [2.24, 2.45) is 0 Å². The monoisotopic (exact) mass is 414 g/mol. The van der Waals surface area contributed by atoms with Gasteiger partial charge in [0.25, 0.3) is 0 Å². The molecule has 1 aliphatic heterocycles. The van der Waals surface area contributed by atoms with Crippen molar-refractivity contribution in [3.05, 3.63) is 83.2 Å². The van der Waals surface area contributed by atoms with Gasteiger partial charge in [-0.25, -0.2) is 4.79 Å². The number of aromatic carboxylic acids is 1. The summed E-state index contributed by atoms with van der Waals surface area (Å²) in [7, 11) is 2.08. The zero-order valence-electron chi connectivity index (χ0n) is 17.6. The summed E-state index contributed by atoms with van der Waals surface area (Å²) in [4.78, 5) is 17.7. The Labute approximate surface area is 182 Å². The smallest absolute Gasteiger partial charge is 0.336 e. The first-order valence-corrected chi connectivity index (χ1v) is 10.9. The third kappa shape index (κ3) is 4.00. The quantitative estimate of drug-likeness (QED) is 0.550. The summed E-state index contributed by atoms with van der Waals surface area (Å²) in [5, 5.41) is 9.38. The number of anilines is 2. The SMILES string of the molecule is CN(c1ccc(C2CC2)cc1)c1ccc2c(c1)OC[C@H]2CCc1cnccc1C(=O)O. The lowest BCUT2D eigenvalue weighted by Crippen LogP contribution is -2.09. The maximum Gasteiger partial charge on any atom is 0.336 e. The van der Waals surface area contributed by atoms with E-state index >= 15 is 0 Å². The van der Waals surface area contributed by atoms with Gasteiger partial charge in [-0.1, -0.05) is 18.2 Å². The van der Waals surface area contributed by atoms with E-state index in [1.807, 2.05) is 0 Å². The number of hydrogen-bond acceptors (Lipinski definition) is 4. The number of rotatable bonds is 7. The van der Waals surface area contributed by atoms with Crippen LogP contribution in [0.5, 0.6) is 5.75 Å². The van der Waals surface area contributed by atoms with Gasteiger partial charge in [-0.3, -0.25) is 4.98 Å². The zero-order valence-corrected chi connectivity index (χ0v) is 17.6. The van der Waals surface area contributed by atoms with Crippen LogP contribution in [0.15, 0.2) is 60.9 Å². The minimum Gasteiger partial charge on any atom is -0.493 e. The number of ether oxygens (including phenoxy) is 1. The van der Waals surface area contributed by atoms with Crippen molar-refractivity contribution in [3.8, 4) is 5.75 Å². The normalized spacial score (nSPS) is 17.1. The summed E-state index contributed by atoms with van der Waals surface area (Å²) < 4.78 is 6.00. The van der Waals surface area contributed by atoms with Crippen molar-refractivity contribution in [2.45, 2.75) is 37.5 Å². The van der Waals surface area contributed by atoms with Crippen molar-refractivity contribution in [1.82, 2.24) is 4.98 Å². The highest BCUT2D eigenvalue weighted by Crippen LogP contribution is 2.42. The molecule has 1 N–H and O–H groups in total. The van der Waals surface area contributed by atoms with Gasteiger partial charge in [0.15, 0.2) is 0 Å². The molecule has 5 heteroatoms. The molecular formula is C26H26N2O3. The number of carboxylic acids is 1. The Balaban J connectivity index is 1.29. The number of hydrogen-bond donors (Lipinski definition) is 1. The van der Waals surface area contributed by atoms with Crippen LogP contribution < -0.4 is 9.64 Å². The molecule has 5 nitrogen and oxygen atoms in total. The highest BCUT2D eigenvalue weighted by Gasteiger charge is 2.26. The molecule has 1 aromatic heterocycles. The van der Waals surface area contributed by atoms with Gasteiger partial charge in [-0.05, 0) is 67.0 Å². The Bertz CT molecular complexity index is 1110. The second-order valence-electron chi connectivity index (χ2n) is 8.53. The molecule has 0 saturated heterocycles. The predicted molar refractivity (Wildman–Crippen MR) is 121 cm³/mol. The Kier molecular flexibility index (Phi) is 5.10. The Morgan fingerprint density at radius 1 is 1.13 bits per heavy atom. The zero-order chi connectivity index (χ0) is 21.4. The average Bonchev–Trinajstić information content (AvgIpc) is 3.57. The van der Waals surface area contributed by atoms with Crippen molar-refractivity contribution < 1.29 is 14.6 Å². The summed E-state index contributed by atoms with van der Waals surface area (Å²) in [6.45, 7) is 0.626. The standard InChI is InChI=1S/C26H26N2O3/c1-28(21-8-6-18(7-9-21)17-2-3-17)22-10-11-23-20(16-31-25(23)14-22)5-4-19-15-27-13-12-24(19)26(29)30/h6-15,17,20H,2-5,16H2,1H3,(H,29,30)/t20-/m1/s1. The van der Waals surface area contributed by atoms with Crippen molar-refractivity contribution >= 4 is 17.3 Å². The number of fused-ring (bicyclic) bond motifs is 1. The van der Waals surface area contributed by atoms with E-state index in [1.54, 1.807) is 12.3 Å². The maximum atomic E-state index is 11.4. The molecule has 0 bridgehead atoms. The molecule has 0 unspecified atom stereocenters. The van der Waals surface area contributed by atoms with Gasteiger partial charge in [0.05, 0.1) is 12.2 Å². The highest BCUT2D eigenvalue weighted by molar-refractivity contribution is 5.89. The van der Waals surface area contributed by atoms with E-state index in [2.05, 4.69) is 59.4 Å². The Morgan fingerprint density at radius 3 is 2.65 bits per heavy atom. The van der Waals surface area contributed by atoms with Gasteiger partial charge >= 0.3 is 5.97 Å². The number of carboxylic acid groups (broad SMARTS) is 1. The summed E-state index contributed by atoms with van der Waals surface area (Å²) in [5.74, 6) is 1.05. The largest absolute Gasteiger partial charge is 0.493 e. The van der Waals surface area contributed by atoms with Gasteiger partial charge in [0, 0.05) is 48.4 Å². The molecule has 5 rings (SSSR count).